The summed E-state index contributed by atoms with van der Waals surface area (Å²) in [6, 6.07) is 0. The maximum absolute atomic E-state index is 11.7. The van der Waals surface area contributed by atoms with Crippen LogP contribution >= 0.6 is 0 Å². The van der Waals surface area contributed by atoms with E-state index in [4.69, 9.17) is 0 Å². The summed E-state index contributed by atoms with van der Waals surface area (Å²) >= 11 is 0. The second-order valence-corrected chi connectivity index (χ2v) is 3.04. The Morgan fingerprint density at radius 1 is 1.29 bits per heavy atom. The van der Waals surface area contributed by atoms with Crippen LogP contribution in [-0.4, -0.2) is 18.8 Å². The first-order valence-corrected chi connectivity index (χ1v) is 4.68. The van der Waals surface area contributed by atoms with Crippen molar-refractivity contribution in [1.29, 1.82) is 0 Å². The van der Waals surface area contributed by atoms with Crippen LogP contribution in [0.2, 0.25) is 0 Å². The fraction of sp³-hybridized carbons (Fsp3) is 0.889. The average Bonchev–Trinajstić information content (AvgIpc) is 2.08. The van der Waals surface area contributed by atoms with E-state index in [0.717, 1.165) is 12.8 Å². The molecule has 0 rings (SSSR count). The number of unbranched alkanes of at least 4 members (excludes halogenated alkanes) is 2. The minimum absolute atomic E-state index is 0.227. The van der Waals surface area contributed by atoms with Crippen LogP contribution in [0.5, 0.6) is 0 Å². The molecule has 0 radical (unpaired) electrons. The summed E-state index contributed by atoms with van der Waals surface area (Å²) in [4.78, 5) is 10.7. The number of ether oxygens (including phenoxy) is 1. The van der Waals surface area contributed by atoms with Gasteiger partial charge in [-0.15, -0.1) is 0 Å². The summed E-state index contributed by atoms with van der Waals surface area (Å²) in [7, 11) is 0. The molecule has 0 aliphatic carbocycles. The van der Waals surface area contributed by atoms with Gasteiger partial charge in [-0.25, -0.2) is 0 Å². The number of halogens is 3. The van der Waals surface area contributed by atoms with Crippen molar-refractivity contribution in [1.82, 2.24) is 0 Å². The molecule has 14 heavy (non-hydrogen) atoms. The predicted octanol–water partition coefficient (Wildman–Crippen LogP) is 3.06. The largest absolute Gasteiger partial charge is 0.466 e. The fourth-order valence-corrected chi connectivity index (χ4v) is 0.854. The smallest absolute Gasteiger partial charge is 0.389 e. The van der Waals surface area contributed by atoms with Crippen LogP contribution in [0, 0.1) is 0 Å². The van der Waals surface area contributed by atoms with Crippen LogP contribution in [0.1, 0.15) is 39.0 Å². The van der Waals surface area contributed by atoms with Crippen LogP contribution in [0.25, 0.3) is 0 Å². The van der Waals surface area contributed by atoms with Crippen molar-refractivity contribution in [3.8, 4) is 0 Å². The van der Waals surface area contributed by atoms with E-state index in [1.54, 1.807) is 0 Å². The summed E-state index contributed by atoms with van der Waals surface area (Å²) in [5, 5.41) is 0. The molecule has 0 aromatic carbocycles. The van der Waals surface area contributed by atoms with Gasteiger partial charge in [0.2, 0.25) is 0 Å². The Morgan fingerprint density at radius 3 is 2.43 bits per heavy atom. The molecule has 0 atom stereocenters. The molecule has 0 saturated heterocycles. The molecule has 0 amide bonds. The third-order valence-electron chi connectivity index (χ3n) is 1.62. The Labute approximate surface area is 81.4 Å². The van der Waals surface area contributed by atoms with E-state index < -0.39 is 25.0 Å². The van der Waals surface area contributed by atoms with E-state index in [-0.39, 0.29) is 6.61 Å². The highest BCUT2D eigenvalue weighted by atomic mass is 19.4. The van der Waals surface area contributed by atoms with E-state index in [9.17, 15) is 18.0 Å². The zero-order valence-electron chi connectivity index (χ0n) is 8.19. The molecule has 0 aromatic heterocycles. The molecule has 0 aliphatic rings. The number of alkyl halides is 3. The van der Waals surface area contributed by atoms with Crippen LogP contribution < -0.4 is 0 Å². The first-order valence-electron chi connectivity index (χ1n) is 4.68. The molecule has 0 aliphatic heterocycles. The second kappa shape index (κ2) is 6.68. The van der Waals surface area contributed by atoms with Crippen molar-refractivity contribution in [2.75, 3.05) is 6.61 Å². The van der Waals surface area contributed by atoms with Crippen molar-refractivity contribution in [3.63, 3.8) is 0 Å². The Bertz CT molecular complexity index is 166. The lowest BCUT2D eigenvalue weighted by molar-refractivity contribution is -0.157. The van der Waals surface area contributed by atoms with Gasteiger partial charge in [-0.2, -0.15) is 13.2 Å². The van der Waals surface area contributed by atoms with Gasteiger partial charge in [0.1, 0.15) is 0 Å². The van der Waals surface area contributed by atoms with Gasteiger partial charge in [0.15, 0.2) is 0 Å². The van der Waals surface area contributed by atoms with E-state index >= 15 is 0 Å². The molecule has 5 heteroatoms. The number of rotatable bonds is 6. The third-order valence-corrected chi connectivity index (χ3v) is 1.62. The average molecular weight is 212 g/mol. The van der Waals surface area contributed by atoms with E-state index in [1.165, 1.54) is 0 Å². The number of carbonyl (C=O) groups excluding carboxylic acids is 1. The minimum Gasteiger partial charge on any atom is -0.466 e. The Morgan fingerprint density at radius 2 is 1.93 bits per heavy atom. The van der Waals surface area contributed by atoms with Crippen LogP contribution in [0.4, 0.5) is 13.2 Å². The SMILES string of the molecule is CCCCCOC(=O)CCC(F)(F)F. The molecule has 0 N–H and O–H groups in total. The summed E-state index contributed by atoms with van der Waals surface area (Å²) in [5.41, 5.74) is 0. The number of hydrogen-bond donors (Lipinski definition) is 0. The molecule has 0 aromatic rings. The van der Waals surface area contributed by atoms with Gasteiger partial charge < -0.3 is 4.74 Å². The topological polar surface area (TPSA) is 26.3 Å². The summed E-state index contributed by atoms with van der Waals surface area (Å²) in [6.45, 7) is 2.22. The lowest BCUT2D eigenvalue weighted by atomic mass is 10.3. The number of hydrogen-bond acceptors (Lipinski definition) is 2. The maximum Gasteiger partial charge on any atom is 0.389 e. The van der Waals surface area contributed by atoms with Crippen LogP contribution in [0.3, 0.4) is 0 Å². The van der Waals surface area contributed by atoms with Gasteiger partial charge in [-0.05, 0) is 6.42 Å². The van der Waals surface area contributed by atoms with Gasteiger partial charge in [0.05, 0.1) is 19.4 Å². The van der Waals surface area contributed by atoms with Crippen molar-refractivity contribution in [2.45, 2.75) is 45.2 Å². The van der Waals surface area contributed by atoms with Gasteiger partial charge in [0, 0.05) is 0 Å². The van der Waals surface area contributed by atoms with Gasteiger partial charge in [-0.1, -0.05) is 19.8 Å². The van der Waals surface area contributed by atoms with Crippen molar-refractivity contribution in [2.24, 2.45) is 0 Å². The maximum atomic E-state index is 11.7. The first kappa shape index (κ1) is 13.3. The highest BCUT2D eigenvalue weighted by molar-refractivity contribution is 5.69. The lowest BCUT2D eigenvalue weighted by Crippen LogP contribution is -2.13. The summed E-state index contributed by atoms with van der Waals surface area (Å²) in [6.07, 6.45) is -3.32. The van der Waals surface area contributed by atoms with Crippen molar-refractivity contribution < 1.29 is 22.7 Å². The predicted molar refractivity (Wildman–Crippen MR) is 45.8 cm³/mol. The second-order valence-electron chi connectivity index (χ2n) is 3.04. The fourth-order valence-electron chi connectivity index (χ4n) is 0.854. The van der Waals surface area contributed by atoms with E-state index in [0.29, 0.717) is 6.42 Å². The van der Waals surface area contributed by atoms with E-state index in [2.05, 4.69) is 4.74 Å². The van der Waals surface area contributed by atoms with Crippen molar-refractivity contribution in [3.05, 3.63) is 0 Å². The Balaban J connectivity index is 3.38. The normalized spacial score (nSPS) is 11.4. The quantitative estimate of drug-likeness (QED) is 0.499. The molecule has 2 nitrogen and oxygen atoms in total. The van der Waals surface area contributed by atoms with Gasteiger partial charge >= 0.3 is 12.1 Å². The number of esters is 1. The monoisotopic (exact) mass is 212 g/mol. The zero-order chi connectivity index (χ0) is 11.0. The van der Waals surface area contributed by atoms with Crippen LogP contribution in [-0.2, 0) is 9.53 Å². The molecular weight excluding hydrogens is 197 g/mol. The standard InChI is InChI=1S/C9H15F3O2/c1-2-3-4-7-14-8(13)5-6-9(10,11)12/h2-7H2,1H3. The van der Waals surface area contributed by atoms with Crippen molar-refractivity contribution >= 4 is 5.97 Å². The molecule has 0 bridgehead atoms. The molecule has 0 spiro atoms. The molecular formula is C9H15F3O2. The van der Waals surface area contributed by atoms with Crippen LogP contribution in [0.15, 0.2) is 0 Å². The van der Waals surface area contributed by atoms with Gasteiger partial charge in [-0.3, -0.25) is 4.79 Å². The first-order chi connectivity index (χ1) is 6.45. The molecule has 84 valence electrons. The summed E-state index contributed by atoms with van der Waals surface area (Å²) < 4.78 is 39.6. The highest BCUT2D eigenvalue weighted by Crippen LogP contribution is 2.21. The van der Waals surface area contributed by atoms with Gasteiger partial charge in [0.25, 0.3) is 0 Å². The molecule has 0 fully saturated rings. The third kappa shape index (κ3) is 9.35. The molecule has 0 unspecified atom stereocenters. The molecule has 0 heterocycles. The highest BCUT2D eigenvalue weighted by Gasteiger charge is 2.28. The Hall–Kier alpha value is -0.740. The zero-order valence-corrected chi connectivity index (χ0v) is 8.19. The lowest BCUT2D eigenvalue weighted by Gasteiger charge is -2.06. The minimum atomic E-state index is -4.28. The molecule has 0 saturated carbocycles. The summed E-state index contributed by atoms with van der Waals surface area (Å²) in [5.74, 6) is -0.765. The Kier molecular flexibility index (Phi) is 6.32. The van der Waals surface area contributed by atoms with E-state index in [1.807, 2.05) is 6.92 Å². The number of carbonyl (C=O) groups is 1.